The second-order valence-electron chi connectivity index (χ2n) is 7.99. The number of amides is 2. The third kappa shape index (κ3) is 4.31. The molecule has 2 N–H and O–H groups in total. The molecule has 2 amide bonds. The van der Waals surface area contributed by atoms with Gasteiger partial charge in [0.25, 0.3) is 11.8 Å². The number of carbonyl (C=O) groups is 2. The van der Waals surface area contributed by atoms with Crippen LogP contribution in [-0.2, 0) is 6.54 Å². The van der Waals surface area contributed by atoms with Gasteiger partial charge < -0.3 is 15.5 Å². The van der Waals surface area contributed by atoms with Crippen molar-refractivity contribution in [3.05, 3.63) is 106 Å². The van der Waals surface area contributed by atoms with E-state index >= 15 is 0 Å². The summed E-state index contributed by atoms with van der Waals surface area (Å²) in [5.41, 5.74) is 3.33. The van der Waals surface area contributed by atoms with E-state index in [9.17, 15) is 14.0 Å². The van der Waals surface area contributed by atoms with Crippen LogP contribution < -0.4 is 15.5 Å². The van der Waals surface area contributed by atoms with Gasteiger partial charge in [-0.25, -0.2) is 9.97 Å². The van der Waals surface area contributed by atoms with Gasteiger partial charge in [-0.15, -0.1) is 0 Å². The highest BCUT2D eigenvalue weighted by atomic mass is 35.5. The summed E-state index contributed by atoms with van der Waals surface area (Å²) in [6, 6.07) is 17.1. The smallest absolute Gasteiger partial charge is 0.260 e. The number of rotatable bonds is 3. The maximum Gasteiger partial charge on any atom is 0.260 e. The number of hydrogen-bond acceptors (Lipinski definition) is 5. The molecule has 35 heavy (non-hydrogen) atoms. The number of halogens is 2. The number of anilines is 4. The molecule has 0 radical (unpaired) electrons. The van der Waals surface area contributed by atoms with Crippen LogP contribution >= 0.6 is 11.6 Å². The van der Waals surface area contributed by atoms with E-state index in [2.05, 4.69) is 20.6 Å². The number of hydrogen-bond donors (Lipinski definition) is 2. The molecule has 0 spiro atoms. The second kappa shape index (κ2) is 9.15. The average molecular weight is 488 g/mol. The average Bonchev–Trinajstić information content (AvgIpc) is 3.02. The molecule has 3 heterocycles. The topological polar surface area (TPSA) is 87.2 Å². The van der Waals surface area contributed by atoms with E-state index in [0.717, 1.165) is 11.3 Å². The lowest BCUT2D eigenvalue weighted by molar-refractivity contribution is 0.0984. The van der Waals surface area contributed by atoms with Gasteiger partial charge in [0.2, 0.25) is 5.95 Å². The van der Waals surface area contributed by atoms with Gasteiger partial charge >= 0.3 is 0 Å². The summed E-state index contributed by atoms with van der Waals surface area (Å²) in [7, 11) is 0. The SMILES string of the molecule is Cc1cc(C(=O)N2Cc3cccnc3Nc3ccccc32)c(Cl)cc1NC(=O)c1cccnc1F. The molecule has 5 rings (SSSR count). The third-order valence-electron chi connectivity index (χ3n) is 5.71. The molecule has 0 saturated heterocycles. The molecule has 0 bridgehead atoms. The summed E-state index contributed by atoms with van der Waals surface area (Å²) in [5.74, 6) is -1.16. The van der Waals surface area contributed by atoms with E-state index in [1.54, 1.807) is 24.1 Å². The van der Waals surface area contributed by atoms with Crippen molar-refractivity contribution in [2.24, 2.45) is 0 Å². The first-order valence-electron chi connectivity index (χ1n) is 10.8. The Morgan fingerprint density at radius 1 is 1.03 bits per heavy atom. The lowest BCUT2D eigenvalue weighted by Crippen LogP contribution is -2.30. The second-order valence-corrected chi connectivity index (χ2v) is 8.39. The number of aryl methyl sites for hydroxylation is 1. The zero-order chi connectivity index (χ0) is 24.5. The Balaban J connectivity index is 1.49. The van der Waals surface area contributed by atoms with Crippen LogP contribution in [-0.4, -0.2) is 21.8 Å². The van der Waals surface area contributed by atoms with Gasteiger partial charge in [0.15, 0.2) is 0 Å². The van der Waals surface area contributed by atoms with Crippen LogP contribution in [0.2, 0.25) is 5.02 Å². The van der Waals surface area contributed by atoms with Crippen molar-refractivity contribution >= 4 is 46.3 Å². The normalized spacial score (nSPS) is 12.1. The number of aromatic nitrogens is 2. The molecule has 4 aromatic rings. The molecule has 0 fully saturated rings. The van der Waals surface area contributed by atoms with Crippen molar-refractivity contribution in [2.45, 2.75) is 13.5 Å². The van der Waals surface area contributed by atoms with Crippen LogP contribution in [0.4, 0.5) is 27.3 Å². The first-order valence-corrected chi connectivity index (χ1v) is 11.1. The third-order valence-corrected chi connectivity index (χ3v) is 6.02. The summed E-state index contributed by atoms with van der Waals surface area (Å²) < 4.78 is 13.9. The molecule has 7 nitrogen and oxygen atoms in total. The number of benzene rings is 2. The highest BCUT2D eigenvalue weighted by Gasteiger charge is 2.27. The molecule has 1 aliphatic rings. The minimum Gasteiger partial charge on any atom is -0.338 e. The van der Waals surface area contributed by atoms with Crippen molar-refractivity contribution < 1.29 is 14.0 Å². The summed E-state index contributed by atoms with van der Waals surface area (Å²) in [6.45, 7) is 2.03. The Morgan fingerprint density at radius 2 is 1.80 bits per heavy atom. The Kier molecular flexibility index (Phi) is 5.88. The number of nitrogens with one attached hydrogen (secondary N) is 2. The van der Waals surface area contributed by atoms with Crippen LogP contribution in [0.15, 0.2) is 73.1 Å². The van der Waals surface area contributed by atoms with Gasteiger partial charge in [-0.1, -0.05) is 29.8 Å². The molecule has 0 atom stereocenters. The predicted octanol–water partition coefficient (Wildman–Crippen LogP) is 5.73. The molecule has 0 aliphatic carbocycles. The monoisotopic (exact) mass is 487 g/mol. The molecule has 0 saturated carbocycles. The van der Waals surface area contributed by atoms with Crippen molar-refractivity contribution in [2.75, 3.05) is 15.5 Å². The largest absolute Gasteiger partial charge is 0.338 e. The molecule has 174 valence electrons. The Labute approximate surface area is 205 Å². The highest BCUT2D eigenvalue weighted by molar-refractivity contribution is 6.35. The first kappa shape index (κ1) is 22.5. The number of fused-ring (bicyclic) bond motifs is 2. The van der Waals surface area contributed by atoms with Crippen molar-refractivity contribution in [1.82, 2.24) is 9.97 Å². The van der Waals surface area contributed by atoms with Crippen LogP contribution in [0, 0.1) is 12.9 Å². The molecule has 2 aromatic carbocycles. The fourth-order valence-electron chi connectivity index (χ4n) is 3.93. The Hall–Kier alpha value is -4.30. The Morgan fingerprint density at radius 3 is 2.63 bits per heavy atom. The fourth-order valence-corrected chi connectivity index (χ4v) is 4.17. The zero-order valence-electron chi connectivity index (χ0n) is 18.5. The maximum atomic E-state index is 13.9. The minimum absolute atomic E-state index is 0.156. The quantitative estimate of drug-likeness (QED) is 0.360. The van der Waals surface area contributed by atoms with E-state index in [4.69, 9.17) is 11.6 Å². The molecular formula is C26H19ClFN5O2. The van der Waals surface area contributed by atoms with Crippen LogP contribution in [0.5, 0.6) is 0 Å². The zero-order valence-corrected chi connectivity index (χ0v) is 19.3. The predicted molar refractivity (Wildman–Crippen MR) is 133 cm³/mol. The van der Waals surface area contributed by atoms with E-state index in [1.165, 1.54) is 24.4 Å². The summed E-state index contributed by atoms with van der Waals surface area (Å²) >= 11 is 6.53. The summed E-state index contributed by atoms with van der Waals surface area (Å²) in [6.07, 6.45) is 2.95. The van der Waals surface area contributed by atoms with E-state index in [0.29, 0.717) is 29.3 Å². The van der Waals surface area contributed by atoms with Crippen LogP contribution in [0.1, 0.15) is 31.8 Å². The van der Waals surface area contributed by atoms with Gasteiger partial charge in [0.1, 0.15) is 5.82 Å². The highest BCUT2D eigenvalue weighted by Crippen LogP contribution is 2.36. The number of nitrogens with zero attached hydrogens (tertiary/aromatic N) is 3. The molecular weight excluding hydrogens is 469 g/mol. The fraction of sp³-hybridized carbons (Fsp3) is 0.0769. The summed E-state index contributed by atoms with van der Waals surface area (Å²) in [5, 5.41) is 6.10. The van der Waals surface area contributed by atoms with Crippen molar-refractivity contribution in [3.8, 4) is 0 Å². The van der Waals surface area contributed by atoms with Gasteiger partial charge in [0.05, 0.1) is 34.1 Å². The Bertz CT molecular complexity index is 1480. The van der Waals surface area contributed by atoms with E-state index in [-0.39, 0.29) is 22.1 Å². The van der Waals surface area contributed by atoms with E-state index in [1.807, 2.05) is 36.4 Å². The molecule has 9 heteroatoms. The summed E-state index contributed by atoms with van der Waals surface area (Å²) in [4.78, 5) is 35.8. The maximum absolute atomic E-state index is 13.9. The lowest BCUT2D eigenvalue weighted by atomic mass is 10.1. The van der Waals surface area contributed by atoms with E-state index < -0.39 is 11.9 Å². The number of para-hydroxylation sites is 2. The van der Waals surface area contributed by atoms with Crippen LogP contribution in [0.3, 0.4) is 0 Å². The molecule has 1 aliphatic heterocycles. The van der Waals surface area contributed by atoms with Gasteiger partial charge in [-0.05, 0) is 55.0 Å². The van der Waals surface area contributed by atoms with Gasteiger partial charge in [-0.2, -0.15) is 4.39 Å². The van der Waals surface area contributed by atoms with Crippen molar-refractivity contribution in [1.29, 1.82) is 0 Å². The number of carbonyl (C=O) groups excluding carboxylic acids is 2. The number of pyridine rings is 2. The van der Waals surface area contributed by atoms with Gasteiger partial charge in [-0.3, -0.25) is 9.59 Å². The van der Waals surface area contributed by atoms with Crippen LogP contribution in [0.25, 0.3) is 0 Å². The lowest BCUT2D eigenvalue weighted by Gasteiger charge is -2.24. The molecule has 2 aromatic heterocycles. The minimum atomic E-state index is -0.872. The van der Waals surface area contributed by atoms with Gasteiger partial charge in [0, 0.05) is 23.6 Å². The first-order chi connectivity index (χ1) is 16.9. The van der Waals surface area contributed by atoms with Crippen molar-refractivity contribution in [3.63, 3.8) is 0 Å². The standard InChI is InChI=1S/C26H19ClFN5O2/c1-15-12-18(19(27)13-21(15)32-25(34)17-7-5-10-29-23(17)28)26(35)33-14-16-6-4-11-30-24(16)31-20-8-2-3-9-22(20)33/h2-13H,14H2,1H3,(H,30,31)(H,32,34). The molecule has 0 unspecified atom stereocenters.